The summed E-state index contributed by atoms with van der Waals surface area (Å²) in [6, 6.07) is 11.7. The summed E-state index contributed by atoms with van der Waals surface area (Å²) in [5, 5.41) is 0.192. The largest absolute Gasteiger partial charge is 0.361 e. The van der Waals surface area contributed by atoms with Crippen LogP contribution in [0.25, 0.3) is 22.4 Å². The smallest absolute Gasteiger partial charge is 0.250 e. The molecule has 4 rings (SSSR count). The molecule has 1 N–H and O–H groups in total. The van der Waals surface area contributed by atoms with Gasteiger partial charge in [-0.15, -0.1) is 0 Å². The van der Waals surface area contributed by atoms with Crippen LogP contribution < -0.4 is 5.43 Å². The Kier molecular flexibility index (Phi) is 5.95. The monoisotopic (exact) mass is 443 g/mol. The first kappa shape index (κ1) is 21.7. The number of aromatic amines is 1. The molecule has 0 unspecified atom stereocenters. The van der Waals surface area contributed by atoms with E-state index in [1.54, 1.807) is 13.1 Å². The zero-order valence-corrected chi connectivity index (χ0v) is 18.3. The molecule has 1 aliphatic heterocycles. The third kappa shape index (κ3) is 4.70. The maximum absolute atomic E-state index is 13.3. The van der Waals surface area contributed by atoms with Crippen molar-refractivity contribution >= 4 is 11.6 Å². The molecule has 162 valence electrons. The molecule has 1 aromatic carbocycles. The van der Waals surface area contributed by atoms with Gasteiger partial charge in [-0.1, -0.05) is 41.9 Å². The quantitative estimate of drug-likeness (QED) is 0.570. The zero-order chi connectivity index (χ0) is 22.2. The number of pyridine rings is 2. The Hall–Kier alpha value is -2.57. The number of aromatic nitrogens is 2. The number of H-pyrrole nitrogens is 1. The number of likely N-dealkylation sites (tertiary alicyclic amines) is 1. The average Bonchev–Trinajstić information content (AvgIpc) is 2.75. The summed E-state index contributed by atoms with van der Waals surface area (Å²) >= 11 is 6.13. The SMILES string of the molecule is Cc1[nH]c(C)c(-c2ccc(-c3ccc(CN4CCC(F)(F)CC4)cc3)nc2)c(=O)c1Cl. The van der Waals surface area contributed by atoms with E-state index in [1.165, 1.54) is 0 Å². The summed E-state index contributed by atoms with van der Waals surface area (Å²) in [7, 11) is 0. The lowest BCUT2D eigenvalue weighted by atomic mass is 10.0. The van der Waals surface area contributed by atoms with Crippen molar-refractivity contribution in [2.75, 3.05) is 13.1 Å². The molecule has 4 nitrogen and oxygen atoms in total. The molecule has 2 aromatic heterocycles. The first-order valence-corrected chi connectivity index (χ1v) is 10.7. The fraction of sp³-hybridized carbons (Fsp3) is 0.333. The van der Waals surface area contributed by atoms with Crippen molar-refractivity contribution in [2.45, 2.75) is 39.2 Å². The van der Waals surface area contributed by atoms with Gasteiger partial charge in [-0.25, -0.2) is 8.78 Å². The predicted molar refractivity (Wildman–Crippen MR) is 120 cm³/mol. The van der Waals surface area contributed by atoms with Gasteiger partial charge < -0.3 is 4.98 Å². The standard InChI is InChI=1S/C24H24ClF2N3O/c1-15-21(23(31)22(25)16(2)29-15)19-7-8-20(28-13-19)18-5-3-17(4-6-18)14-30-11-9-24(26,27)10-12-30/h3-8,13H,9-12,14H2,1-2H3,(H,29,31). The molecule has 0 aliphatic carbocycles. The molecule has 0 atom stereocenters. The van der Waals surface area contributed by atoms with Crippen LogP contribution >= 0.6 is 11.6 Å². The van der Waals surface area contributed by atoms with Crippen LogP contribution in [0.15, 0.2) is 47.4 Å². The molecule has 3 heterocycles. The van der Waals surface area contributed by atoms with E-state index in [2.05, 4.69) is 14.9 Å². The minimum Gasteiger partial charge on any atom is -0.361 e. The van der Waals surface area contributed by atoms with Crippen LogP contribution in [-0.2, 0) is 6.54 Å². The van der Waals surface area contributed by atoms with Crippen molar-refractivity contribution in [3.8, 4) is 22.4 Å². The highest BCUT2D eigenvalue weighted by atomic mass is 35.5. The number of benzene rings is 1. The number of alkyl halides is 2. The Morgan fingerprint density at radius 3 is 2.29 bits per heavy atom. The first-order chi connectivity index (χ1) is 14.7. The molecule has 1 aliphatic rings. The number of halogens is 3. The molecule has 0 spiro atoms. The summed E-state index contributed by atoms with van der Waals surface area (Å²) in [5.74, 6) is -2.52. The van der Waals surface area contributed by atoms with E-state index in [4.69, 9.17) is 11.6 Å². The van der Waals surface area contributed by atoms with Gasteiger partial charge in [-0.3, -0.25) is 14.7 Å². The number of nitrogens with zero attached hydrogens (tertiary/aromatic N) is 2. The van der Waals surface area contributed by atoms with Crippen LogP contribution in [0.1, 0.15) is 29.8 Å². The summed E-state index contributed by atoms with van der Waals surface area (Å²) in [5.41, 5.74) is 5.26. The van der Waals surface area contributed by atoms with Gasteiger partial charge >= 0.3 is 0 Å². The highest BCUT2D eigenvalue weighted by Crippen LogP contribution is 2.29. The van der Waals surface area contributed by atoms with Gasteiger partial charge in [0.25, 0.3) is 5.92 Å². The summed E-state index contributed by atoms with van der Waals surface area (Å²) < 4.78 is 26.6. The maximum atomic E-state index is 13.3. The first-order valence-electron chi connectivity index (χ1n) is 10.3. The molecule has 7 heteroatoms. The van der Waals surface area contributed by atoms with E-state index in [1.807, 2.05) is 43.3 Å². The Balaban J connectivity index is 1.49. The van der Waals surface area contributed by atoms with E-state index < -0.39 is 5.92 Å². The van der Waals surface area contributed by atoms with Crippen LogP contribution in [0.5, 0.6) is 0 Å². The normalized spacial score (nSPS) is 16.4. The van der Waals surface area contributed by atoms with Crippen molar-refractivity contribution in [3.63, 3.8) is 0 Å². The van der Waals surface area contributed by atoms with Crippen LogP contribution in [0.3, 0.4) is 0 Å². The molecule has 0 saturated carbocycles. The average molecular weight is 444 g/mol. The van der Waals surface area contributed by atoms with Crippen molar-refractivity contribution in [1.82, 2.24) is 14.9 Å². The molecular weight excluding hydrogens is 420 g/mol. The molecule has 0 radical (unpaired) electrons. The number of piperidine rings is 1. The fourth-order valence-electron chi connectivity index (χ4n) is 3.99. The van der Waals surface area contributed by atoms with Crippen LogP contribution in [-0.4, -0.2) is 33.9 Å². The minimum absolute atomic E-state index is 0.0736. The molecule has 0 amide bonds. The topological polar surface area (TPSA) is 49.0 Å². The number of aryl methyl sites for hydroxylation is 2. The number of nitrogens with one attached hydrogen (secondary N) is 1. The van der Waals surface area contributed by atoms with Crippen molar-refractivity contribution in [2.24, 2.45) is 0 Å². The zero-order valence-electron chi connectivity index (χ0n) is 17.5. The number of rotatable bonds is 4. The van der Waals surface area contributed by atoms with Crippen molar-refractivity contribution in [1.29, 1.82) is 0 Å². The lowest BCUT2D eigenvalue weighted by Gasteiger charge is -2.31. The molecule has 1 fully saturated rings. The van der Waals surface area contributed by atoms with Crippen LogP contribution in [0.4, 0.5) is 8.78 Å². The van der Waals surface area contributed by atoms with Crippen molar-refractivity contribution < 1.29 is 8.78 Å². The van der Waals surface area contributed by atoms with E-state index in [-0.39, 0.29) is 23.3 Å². The molecule has 0 bridgehead atoms. The minimum atomic E-state index is -2.52. The second-order valence-electron chi connectivity index (χ2n) is 8.15. The highest BCUT2D eigenvalue weighted by molar-refractivity contribution is 6.31. The number of hydrogen-bond donors (Lipinski definition) is 1. The maximum Gasteiger partial charge on any atom is 0.250 e. The molecule has 3 aromatic rings. The third-order valence-corrected chi connectivity index (χ3v) is 6.26. The summed E-state index contributed by atoms with van der Waals surface area (Å²) in [4.78, 5) is 22.3. The van der Waals surface area contributed by atoms with E-state index >= 15 is 0 Å². The molecular formula is C24H24ClF2N3O. The second-order valence-corrected chi connectivity index (χ2v) is 8.53. The summed E-state index contributed by atoms with van der Waals surface area (Å²) in [6.07, 6.45) is 1.53. The van der Waals surface area contributed by atoms with Gasteiger partial charge in [0.2, 0.25) is 5.43 Å². The highest BCUT2D eigenvalue weighted by Gasteiger charge is 2.33. The van der Waals surface area contributed by atoms with Crippen molar-refractivity contribution in [3.05, 3.63) is 74.8 Å². The number of hydrogen-bond acceptors (Lipinski definition) is 3. The Bertz CT molecular complexity index is 1130. The van der Waals surface area contributed by atoms with Crippen LogP contribution in [0.2, 0.25) is 5.02 Å². The Morgan fingerprint density at radius 2 is 1.68 bits per heavy atom. The van der Waals surface area contributed by atoms with Crippen LogP contribution in [0, 0.1) is 13.8 Å². The summed E-state index contributed by atoms with van der Waals surface area (Å²) in [6.45, 7) is 5.11. The van der Waals surface area contributed by atoms with E-state index in [0.717, 1.165) is 22.5 Å². The van der Waals surface area contributed by atoms with E-state index in [0.29, 0.717) is 36.5 Å². The van der Waals surface area contributed by atoms with Gasteiger partial charge in [0.15, 0.2) is 0 Å². The van der Waals surface area contributed by atoms with Gasteiger partial charge in [0.1, 0.15) is 5.02 Å². The lowest BCUT2D eigenvalue weighted by molar-refractivity contribution is -0.0566. The molecule has 1 saturated heterocycles. The Labute approximate surface area is 184 Å². The third-order valence-electron chi connectivity index (χ3n) is 5.80. The predicted octanol–water partition coefficient (Wildman–Crippen LogP) is 5.61. The van der Waals surface area contributed by atoms with Gasteiger partial charge in [-0.05, 0) is 25.5 Å². The fourth-order valence-corrected chi connectivity index (χ4v) is 4.13. The van der Waals surface area contributed by atoms with Gasteiger partial charge in [0.05, 0.1) is 11.3 Å². The Morgan fingerprint density at radius 1 is 1.03 bits per heavy atom. The van der Waals surface area contributed by atoms with E-state index in [9.17, 15) is 13.6 Å². The second kappa shape index (κ2) is 8.52. The van der Waals surface area contributed by atoms with Gasteiger partial charge in [-0.2, -0.15) is 0 Å². The van der Waals surface area contributed by atoms with Gasteiger partial charge in [0, 0.05) is 61.2 Å². The lowest BCUT2D eigenvalue weighted by Crippen LogP contribution is -2.38. The molecule has 31 heavy (non-hydrogen) atoms.